The zero-order chi connectivity index (χ0) is 23.4. The van der Waals surface area contributed by atoms with E-state index in [0.29, 0.717) is 61.5 Å². The summed E-state index contributed by atoms with van der Waals surface area (Å²) in [6, 6.07) is 11.3. The molecule has 0 spiro atoms. The summed E-state index contributed by atoms with van der Waals surface area (Å²) in [7, 11) is 1.62. The van der Waals surface area contributed by atoms with Crippen molar-refractivity contribution in [1.82, 2.24) is 14.5 Å². The summed E-state index contributed by atoms with van der Waals surface area (Å²) in [6.07, 6.45) is 2.71. The highest BCUT2D eigenvalue weighted by molar-refractivity contribution is 6.09. The Hall–Kier alpha value is -3.25. The van der Waals surface area contributed by atoms with Crippen molar-refractivity contribution >= 4 is 16.8 Å². The van der Waals surface area contributed by atoms with Crippen LogP contribution in [0.3, 0.4) is 0 Å². The molecule has 4 rings (SSSR count). The molecule has 8 heteroatoms. The number of ketones is 1. The van der Waals surface area contributed by atoms with Gasteiger partial charge in [-0.15, -0.1) is 0 Å². The van der Waals surface area contributed by atoms with Gasteiger partial charge in [0.25, 0.3) is 0 Å². The molecule has 0 radical (unpaired) electrons. The highest BCUT2D eigenvalue weighted by Crippen LogP contribution is 2.31. The Balaban J connectivity index is 1.75. The van der Waals surface area contributed by atoms with E-state index in [1.54, 1.807) is 25.4 Å². The summed E-state index contributed by atoms with van der Waals surface area (Å²) in [5, 5.41) is 18.9. The normalized spacial score (nSPS) is 15.0. The fourth-order valence-electron chi connectivity index (χ4n) is 4.29. The number of aromatic nitrogens is 2. The molecule has 2 aromatic heterocycles. The topological polar surface area (TPSA) is 101 Å². The third-order valence-corrected chi connectivity index (χ3v) is 6.03. The molecule has 3 heterocycles. The van der Waals surface area contributed by atoms with Crippen LogP contribution in [0.2, 0.25) is 0 Å². The zero-order valence-corrected chi connectivity index (χ0v) is 19.0. The number of carbonyl (C=O) groups excluding carboxylic acids is 1. The first kappa shape index (κ1) is 22.9. The molecular weight excluding hydrogens is 420 g/mol. The number of nitriles is 1. The van der Waals surface area contributed by atoms with Gasteiger partial charge in [0.05, 0.1) is 53.7 Å². The number of nitrogens with zero attached hydrogens (tertiary/aromatic N) is 4. The summed E-state index contributed by atoms with van der Waals surface area (Å²) < 4.78 is 12.8. The van der Waals surface area contributed by atoms with Gasteiger partial charge in [-0.05, 0) is 44.0 Å². The number of pyridine rings is 1. The summed E-state index contributed by atoms with van der Waals surface area (Å²) in [4.78, 5) is 20.1. The highest BCUT2D eigenvalue weighted by Gasteiger charge is 2.26. The van der Waals surface area contributed by atoms with Crippen LogP contribution in [0.5, 0.6) is 5.75 Å². The number of benzene rings is 1. The van der Waals surface area contributed by atoms with Crippen LogP contribution in [0.4, 0.5) is 0 Å². The maximum atomic E-state index is 13.4. The molecule has 0 saturated carbocycles. The molecule has 1 aliphatic rings. The third kappa shape index (κ3) is 4.91. The van der Waals surface area contributed by atoms with Gasteiger partial charge < -0.3 is 19.1 Å². The van der Waals surface area contributed by atoms with Crippen molar-refractivity contribution in [3.8, 4) is 17.5 Å². The first-order valence-electron chi connectivity index (χ1n) is 11.1. The van der Waals surface area contributed by atoms with E-state index in [2.05, 4.69) is 16.0 Å². The van der Waals surface area contributed by atoms with Crippen LogP contribution < -0.4 is 4.74 Å². The van der Waals surface area contributed by atoms with Gasteiger partial charge in [0.2, 0.25) is 0 Å². The summed E-state index contributed by atoms with van der Waals surface area (Å²) in [5.41, 5.74) is 4.18. The van der Waals surface area contributed by atoms with Gasteiger partial charge in [-0.25, -0.2) is 4.98 Å². The van der Waals surface area contributed by atoms with Gasteiger partial charge in [-0.3, -0.25) is 9.69 Å². The number of hydrogen-bond acceptors (Lipinski definition) is 7. The average Bonchev–Trinajstić information content (AvgIpc) is 3.12. The minimum atomic E-state index is -0.283. The molecule has 1 aliphatic heterocycles. The van der Waals surface area contributed by atoms with E-state index >= 15 is 0 Å². The molecule has 1 saturated heterocycles. The lowest BCUT2D eigenvalue weighted by Crippen LogP contribution is -2.39. The second-order valence-electron chi connectivity index (χ2n) is 8.27. The second-order valence-corrected chi connectivity index (χ2v) is 8.27. The van der Waals surface area contributed by atoms with Crippen LogP contribution in [-0.4, -0.2) is 71.4 Å². The van der Waals surface area contributed by atoms with E-state index in [9.17, 15) is 9.90 Å². The largest absolute Gasteiger partial charge is 0.489 e. The van der Waals surface area contributed by atoms with Crippen molar-refractivity contribution in [2.75, 3.05) is 40.0 Å². The van der Waals surface area contributed by atoms with Crippen molar-refractivity contribution in [3.63, 3.8) is 0 Å². The number of aliphatic hydroxyl groups is 1. The first-order chi connectivity index (χ1) is 16.0. The van der Waals surface area contributed by atoms with E-state index < -0.39 is 0 Å². The standard InChI is InChI=1S/C25H28N4O4/c1-17-24(23(31)16-28-9-7-20(30)8-10-28)25-22(13-21(15-27-25)33-12-11-32-2)29(17)19-5-3-18(14-26)4-6-19/h3-6,13,15,20,30H,7-12,16H2,1-2H3. The Morgan fingerprint density at radius 2 is 1.97 bits per heavy atom. The number of ether oxygens (including phenoxy) is 2. The molecule has 172 valence electrons. The fraction of sp³-hybridized carbons (Fsp3) is 0.400. The highest BCUT2D eigenvalue weighted by atomic mass is 16.5. The zero-order valence-electron chi connectivity index (χ0n) is 19.0. The van der Waals surface area contributed by atoms with Crippen molar-refractivity contribution in [2.24, 2.45) is 0 Å². The molecule has 0 unspecified atom stereocenters. The number of aliphatic hydroxyl groups excluding tert-OH is 1. The predicted molar refractivity (Wildman–Crippen MR) is 124 cm³/mol. The van der Waals surface area contributed by atoms with Crippen LogP contribution in [0.15, 0.2) is 36.5 Å². The quantitative estimate of drug-likeness (QED) is 0.418. The number of likely N-dealkylation sites (tertiary alicyclic amines) is 1. The van der Waals surface area contributed by atoms with E-state index in [-0.39, 0.29) is 18.4 Å². The molecule has 0 aliphatic carbocycles. The van der Waals surface area contributed by atoms with Gasteiger partial charge in [-0.1, -0.05) is 0 Å². The molecular formula is C25H28N4O4. The molecule has 0 bridgehead atoms. The number of rotatable bonds is 8. The lowest BCUT2D eigenvalue weighted by Gasteiger charge is -2.28. The number of piperidine rings is 1. The summed E-state index contributed by atoms with van der Waals surface area (Å²) >= 11 is 0. The van der Waals surface area contributed by atoms with E-state index in [1.807, 2.05) is 29.7 Å². The summed E-state index contributed by atoms with van der Waals surface area (Å²) in [5.74, 6) is 0.595. The van der Waals surface area contributed by atoms with E-state index in [4.69, 9.17) is 14.7 Å². The van der Waals surface area contributed by atoms with Crippen LogP contribution in [-0.2, 0) is 4.74 Å². The van der Waals surface area contributed by atoms with Gasteiger partial charge in [0, 0.05) is 37.6 Å². The van der Waals surface area contributed by atoms with Gasteiger partial charge in [-0.2, -0.15) is 5.26 Å². The Morgan fingerprint density at radius 3 is 2.64 bits per heavy atom. The lowest BCUT2D eigenvalue weighted by molar-refractivity contribution is 0.0711. The Kier molecular flexibility index (Phi) is 7.04. The Bertz CT molecular complexity index is 1170. The van der Waals surface area contributed by atoms with Crippen molar-refractivity contribution in [1.29, 1.82) is 5.26 Å². The SMILES string of the molecule is COCCOc1cnc2c(C(=O)CN3CCC(O)CC3)c(C)n(-c3ccc(C#N)cc3)c2c1. The molecule has 33 heavy (non-hydrogen) atoms. The van der Waals surface area contributed by atoms with Crippen LogP contribution in [0.25, 0.3) is 16.7 Å². The molecule has 8 nitrogen and oxygen atoms in total. The van der Waals surface area contributed by atoms with Crippen molar-refractivity contribution < 1.29 is 19.4 Å². The van der Waals surface area contributed by atoms with Crippen LogP contribution >= 0.6 is 0 Å². The predicted octanol–water partition coefficient (Wildman–Crippen LogP) is 2.87. The van der Waals surface area contributed by atoms with Crippen LogP contribution in [0.1, 0.15) is 34.5 Å². The maximum Gasteiger partial charge on any atom is 0.180 e. The monoisotopic (exact) mass is 448 g/mol. The molecule has 0 atom stereocenters. The number of fused-ring (bicyclic) bond motifs is 1. The fourth-order valence-corrected chi connectivity index (χ4v) is 4.29. The minimum absolute atomic E-state index is 0.00170. The lowest BCUT2D eigenvalue weighted by atomic mass is 10.1. The molecule has 3 aromatic rings. The van der Waals surface area contributed by atoms with E-state index in [0.717, 1.165) is 16.9 Å². The van der Waals surface area contributed by atoms with Crippen molar-refractivity contribution in [3.05, 3.63) is 53.3 Å². The second kappa shape index (κ2) is 10.1. The molecule has 1 fully saturated rings. The van der Waals surface area contributed by atoms with Gasteiger partial charge >= 0.3 is 0 Å². The number of methoxy groups -OCH3 is 1. The number of carbonyl (C=O) groups is 1. The van der Waals surface area contributed by atoms with Gasteiger partial charge in [0.15, 0.2) is 5.78 Å². The van der Waals surface area contributed by atoms with E-state index in [1.165, 1.54) is 0 Å². The van der Waals surface area contributed by atoms with Crippen LogP contribution in [0, 0.1) is 18.3 Å². The van der Waals surface area contributed by atoms with Gasteiger partial charge in [0.1, 0.15) is 12.4 Å². The Labute approximate surface area is 193 Å². The third-order valence-electron chi connectivity index (χ3n) is 6.03. The summed E-state index contributed by atoms with van der Waals surface area (Å²) in [6.45, 7) is 4.46. The smallest absolute Gasteiger partial charge is 0.180 e. The average molecular weight is 449 g/mol. The Morgan fingerprint density at radius 1 is 1.24 bits per heavy atom. The maximum absolute atomic E-state index is 13.4. The number of Topliss-reactive ketones (excluding diaryl/α,β-unsaturated/α-hetero) is 1. The minimum Gasteiger partial charge on any atom is -0.489 e. The number of hydrogen-bond donors (Lipinski definition) is 1. The molecule has 0 amide bonds. The first-order valence-corrected chi connectivity index (χ1v) is 11.1. The van der Waals surface area contributed by atoms with Crippen molar-refractivity contribution in [2.45, 2.75) is 25.9 Å². The molecule has 1 N–H and O–H groups in total. The molecule has 1 aromatic carbocycles.